The van der Waals surface area contributed by atoms with Crippen molar-refractivity contribution in [2.45, 2.75) is 0 Å². The van der Waals surface area contributed by atoms with Crippen molar-refractivity contribution in [1.29, 1.82) is 0 Å². The number of pyridine rings is 3. The molecule has 0 saturated carbocycles. The first kappa shape index (κ1) is 35.0. The second kappa shape index (κ2) is 15.4. The van der Waals surface area contributed by atoms with Crippen LogP contribution in [0.4, 0.5) is 17.1 Å². The molecule has 3 aromatic carbocycles. The molecule has 54 heavy (non-hydrogen) atoms. The molecule has 0 fully saturated rings. The van der Waals surface area contributed by atoms with Crippen LogP contribution in [0.2, 0.25) is 0 Å². The molecule has 4 aromatic heterocycles. The van der Waals surface area contributed by atoms with Crippen LogP contribution in [-0.2, 0) is 0 Å². The number of nitrogens with zero attached hydrogens (tertiary/aromatic N) is 9. The van der Waals surface area contributed by atoms with Gasteiger partial charge in [0.05, 0.1) is 52.7 Å². The molecular weight excluding hydrogens is 679 g/mol. The van der Waals surface area contributed by atoms with E-state index in [9.17, 15) is 14.4 Å². The summed E-state index contributed by atoms with van der Waals surface area (Å²) in [5.74, 6) is -3.23. The van der Waals surface area contributed by atoms with Crippen molar-refractivity contribution in [1.82, 2.24) is 29.9 Å². The third-order valence-corrected chi connectivity index (χ3v) is 8.74. The molecule has 0 N–H and O–H groups in total. The molecule has 0 aliphatic carbocycles. The summed E-state index contributed by atoms with van der Waals surface area (Å²) < 4.78 is 0. The summed E-state index contributed by atoms with van der Waals surface area (Å²) in [5.41, 5.74) is 6.29. The first-order valence-corrected chi connectivity index (χ1v) is 16.9. The molecule has 0 spiro atoms. The van der Waals surface area contributed by atoms with Gasteiger partial charge in [-0.25, -0.2) is 0 Å². The summed E-state index contributed by atoms with van der Waals surface area (Å²) in [6, 6.07) is 39.5. The number of aromatic nitrogens is 6. The van der Waals surface area contributed by atoms with Crippen LogP contribution in [0, 0.1) is 0 Å². The second-order valence-corrected chi connectivity index (χ2v) is 12.2. The molecule has 4 heterocycles. The van der Waals surface area contributed by atoms with E-state index in [-0.39, 0.29) is 0 Å². The summed E-state index contributed by atoms with van der Waals surface area (Å²) in [7, 11) is 4.60. The van der Waals surface area contributed by atoms with Gasteiger partial charge in [0.2, 0.25) is 17.5 Å². The van der Waals surface area contributed by atoms with E-state index in [4.69, 9.17) is 0 Å². The number of rotatable bonds is 9. The smallest absolute Gasteiger partial charge is 0.296 e. The molecule has 0 saturated heterocycles. The molecule has 12 nitrogen and oxygen atoms in total. The fourth-order valence-corrected chi connectivity index (χ4v) is 5.56. The number of carbonyl (C=O) groups excluding carboxylic acids is 3. The highest BCUT2D eigenvalue weighted by Gasteiger charge is 2.28. The minimum absolute atomic E-state index is 0.400. The number of carbonyl (C=O) groups is 3. The van der Waals surface area contributed by atoms with E-state index in [1.165, 1.54) is 35.8 Å². The van der Waals surface area contributed by atoms with Gasteiger partial charge in [0, 0.05) is 37.8 Å². The van der Waals surface area contributed by atoms with Gasteiger partial charge < -0.3 is 14.7 Å². The average Bonchev–Trinajstić information content (AvgIpc) is 3.25. The van der Waals surface area contributed by atoms with E-state index < -0.39 is 35.2 Å². The fraction of sp³-hybridized carbons (Fsp3) is 0.0714. The Balaban J connectivity index is 1.20. The molecule has 12 heteroatoms. The van der Waals surface area contributed by atoms with Crippen molar-refractivity contribution >= 4 is 34.8 Å². The van der Waals surface area contributed by atoms with Crippen molar-refractivity contribution in [2.24, 2.45) is 0 Å². The summed E-state index contributed by atoms with van der Waals surface area (Å²) >= 11 is 0. The Hall–Kier alpha value is -7.47. The predicted octanol–water partition coefficient (Wildman–Crippen LogP) is 6.89. The van der Waals surface area contributed by atoms with E-state index >= 15 is 0 Å². The molecule has 0 radical (unpaired) electrons. The van der Waals surface area contributed by atoms with Crippen LogP contribution >= 0.6 is 0 Å². The van der Waals surface area contributed by atoms with Crippen molar-refractivity contribution in [3.8, 4) is 33.8 Å². The van der Waals surface area contributed by atoms with Crippen molar-refractivity contribution in [3.63, 3.8) is 0 Å². The highest BCUT2D eigenvalue weighted by atomic mass is 16.2. The molecule has 0 atom stereocenters. The van der Waals surface area contributed by atoms with Gasteiger partial charge in [-0.05, 0) is 36.4 Å². The quantitative estimate of drug-likeness (QED) is 0.157. The minimum Gasteiger partial charge on any atom is -0.307 e. The zero-order valence-corrected chi connectivity index (χ0v) is 29.6. The molecule has 264 valence electrons. The Morgan fingerprint density at radius 1 is 0.370 bits per heavy atom. The van der Waals surface area contributed by atoms with Crippen LogP contribution in [0.25, 0.3) is 33.8 Å². The Morgan fingerprint density at radius 3 is 0.852 bits per heavy atom. The van der Waals surface area contributed by atoms with E-state index in [2.05, 4.69) is 29.9 Å². The molecule has 0 bridgehead atoms. The number of amides is 3. The number of hydrogen-bond acceptors (Lipinski definition) is 9. The van der Waals surface area contributed by atoms with Gasteiger partial charge in [-0.15, -0.1) is 0 Å². The SMILES string of the molecule is CN(C(=O)c1nc(C(=O)N(C)c2ccc(-c3ccccc3)nc2)nc(C(=O)N(C)c2ccc(-c3ccccc3)nc2)n1)c1ccc(-c2ccccc2)nc1. The monoisotopic (exact) mass is 711 g/mol. The van der Waals surface area contributed by atoms with Crippen LogP contribution in [0.1, 0.15) is 31.9 Å². The van der Waals surface area contributed by atoms with Crippen LogP contribution in [-0.4, -0.2) is 68.8 Å². The molecule has 7 aromatic rings. The fourth-order valence-electron chi connectivity index (χ4n) is 5.56. The van der Waals surface area contributed by atoms with Crippen LogP contribution in [0.15, 0.2) is 146 Å². The standard InChI is InChI=1S/C42H33N9O3/c1-49(31-19-22-34(43-25-31)28-13-7-4-8-14-28)40(52)37-46-38(41(53)50(2)32-20-23-35(44-26-32)29-15-9-5-10-16-29)48-39(47-37)42(54)51(3)33-21-24-36(45-27-33)30-17-11-6-12-18-30/h4-27H,1-3H3. The van der Waals surface area contributed by atoms with Crippen molar-refractivity contribution in [2.75, 3.05) is 35.8 Å². The second-order valence-electron chi connectivity index (χ2n) is 12.2. The van der Waals surface area contributed by atoms with E-state index in [1.807, 2.05) is 91.0 Å². The van der Waals surface area contributed by atoms with Gasteiger partial charge in [0.1, 0.15) is 0 Å². The maximum atomic E-state index is 13.9. The summed E-state index contributed by atoms with van der Waals surface area (Å²) in [5, 5.41) is 0. The van der Waals surface area contributed by atoms with E-state index in [0.29, 0.717) is 17.1 Å². The Labute approximate surface area is 311 Å². The lowest BCUT2D eigenvalue weighted by molar-refractivity contribution is 0.0969. The Bertz CT molecular complexity index is 2130. The van der Waals surface area contributed by atoms with E-state index in [0.717, 1.165) is 33.8 Å². The Morgan fingerprint density at radius 2 is 0.630 bits per heavy atom. The lowest BCUT2D eigenvalue weighted by Crippen LogP contribution is -2.35. The Kier molecular flexibility index (Phi) is 9.98. The predicted molar refractivity (Wildman–Crippen MR) is 207 cm³/mol. The molecule has 7 rings (SSSR count). The van der Waals surface area contributed by atoms with Gasteiger partial charge in [0.15, 0.2) is 0 Å². The van der Waals surface area contributed by atoms with Gasteiger partial charge in [-0.1, -0.05) is 91.0 Å². The zero-order chi connectivity index (χ0) is 37.6. The summed E-state index contributed by atoms with van der Waals surface area (Å²) in [6.45, 7) is 0. The zero-order valence-electron chi connectivity index (χ0n) is 29.6. The van der Waals surface area contributed by atoms with Gasteiger partial charge in [0.25, 0.3) is 17.7 Å². The third kappa shape index (κ3) is 7.44. The normalized spacial score (nSPS) is 10.7. The summed E-state index contributed by atoms with van der Waals surface area (Å²) in [4.78, 5) is 72.2. The van der Waals surface area contributed by atoms with Crippen molar-refractivity contribution in [3.05, 3.63) is 163 Å². The summed E-state index contributed by atoms with van der Waals surface area (Å²) in [6.07, 6.45) is 4.66. The number of hydrogen-bond donors (Lipinski definition) is 0. The van der Waals surface area contributed by atoms with Gasteiger partial charge in [-0.3, -0.25) is 29.3 Å². The highest BCUT2D eigenvalue weighted by molar-refractivity contribution is 6.08. The number of benzene rings is 3. The average molecular weight is 712 g/mol. The van der Waals surface area contributed by atoms with Crippen molar-refractivity contribution < 1.29 is 14.4 Å². The van der Waals surface area contributed by atoms with Crippen LogP contribution in [0.3, 0.4) is 0 Å². The third-order valence-electron chi connectivity index (χ3n) is 8.74. The van der Waals surface area contributed by atoms with Crippen LogP contribution in [0.5, 0.6) is 0 Å². The maximum absolute atomic E-state index is 13.9. The first-order chi connectivity index (χ1) is 26.3. The number of anilines is 3. The maximum Gasteiger partial charge on any atom is 0.296 e. The molecular formula is C42H33N9O3. The minimum atomic E-state index is -0.678. The lowest BCUT2D eigenvalue weighted by atomic mass is 10.1. The lowest BCUT2D eigenvalue weighted by Gasteiger charge is -2.20. The highest BCUT2D eigenvalue weighted by Crippen LogP contribution is 2.24. The molecule has 3 amide bonds. The van der Waals surface area contributed by atoms with E-state index in [1.54, 1.807) is 55.0 Å². The van der Waals surface area contributed by atoms with Gasteiger partial charge in [-0.2, -0.15) is 15.0 Å². The molecule has 0 unspecified atom stereocenters. The topological polar surface area (TPSA) is 138 Å². The first-order valence-electron chi connectivity index (χ1n) is 16.9. The molecule has 0 aliphatic heterocycles. The van der Waals surface area contributed by atoms with Crippen LogP contribution < -0.4 is 14.7 Å². The largest absolute Gasteiger partial charge is 0.307 e. The van der Waals surface area contributed by atoms with Gasteiger partial charge >= 0.3 is 0 Å². The molecule has 0 aliphatic rings.